The second kappa shape index (κ2) is 7.90. The van der Waals surface area contributed by atoms with E-state index in [0.29, 0.717) is 14.3 Å². The molecule has 2 unspecified atom stereocenters. The Bertz CT molecular complexity index is 683. The van der Waals surface area contributed by atoms with Crippen LogP contribution >= 0.6 is 8.58 Å². The summed E-state index contributed by atoms with van der Waals surface area (Å²) in [6.45, 7) is 4.49. The molecular weight excluding hydrogens is 317 g/mol. The monoisotopic (exact) mass is 343 g/mol. The van der Waals surface area contributed by atoms with E-state index in [9.17, 15) is 5.11 Å². The molecule has 3 rings (SSSR count). The molecule has 1 aliphatic rings. The summed E-state index contributed by atoms with van der Waals surface area (Å²) in [5, 5.41) is 11.6. The Hall–Kier alpha value is -1.73. The molecule has 1 heterocycles. The molecule has 1 fully saturated rings. The normalized spacial score (nSPS) is 16.5. The van der Waals surface area contributed by atoms with Crippen molar-refractivity contribution in [1.29, 1.82) is 0 Å². The first-order valence-corrected chi connectivity index (χ1v) is 9.74. The van der Waals surface area contributed by atoms with Crippen molar-refractivity contribution in [2.75, 3.05) is 25.1 Å². The average Bonchev–Trinajstić information content (AvgIpc) is 2.63. The Morgan fingerprint density at radius 2 is 1.83 bits per heavy atom. The minimum atomic E-state index is 0.256. The summed E-state index contributed by atoms with van der Waals surface area (Å²) in [4.78, 5) is 2.52. The predicted octanol–water partition coefficient (Wildman–Crippen LogP) is 4.46. The molecule has 128 valence electrons. The predicted molar refractivity (Wildman–Crippen MR) is 104 cm³/mol. The van der Waals surface area contributed by atoms with E-state index in [1.165, 1.54) is 30.3 Å². The van der Waals surface area contributed by atoms with Gasteiger partial charge in [0.2, 0.25) is 0 Å². The lowest BCUT2D eigenvalue weighted by atomic mass is 10.1. The molecule has 4 heteroatoms. The second-order valence-electron chi connectivity index (χ2n) is 6.36. The van der Waals surface area contributed by atoms with Crippen molar-refractivity contribution in [2.45, 2.75) is 31.8 Å². The van der Waals surface area contributed by atoms with Crippen LogP contribution in [0, 0.1) is 0 Å². The third-order valence-corrected chi connectivity index (χ3v) is 6.15. The zero-order valence-corrected chi connectivity index (χ0v) is 15.5. The first-order chi connectivity index (χ1) is 11.7. The molecule has 3 nitrogen and oxygen atoms in total. The maximum absolute atomic E-state index is 10.2. The first-order valence-electron chi connectivity index (χ1n) is 8.66. The molecular formula is C20H26NO2P. The lowest BCUT2D eigenvalue weighted by Crippen LogP contribution is -2.32. The summed E-state index contributed by atoms with van der Waals surface area (Å²) < 4.78 is 5.31. The molecule has 1 N–H and O–H groups in total. The SMILES string of the molecule is COc1ccc(O)c(C(C)Pc2ccccc2N2CCCCC2)c1. The van der Waals surface area contributed by atoms with Crippen LogP contribution in [0.2, 0.25) is 0 Å². The highest BCUT2D eigenvalue weighted by Crippen LogP contribution is 2.41. The fourth-order valence-electron chi connectivity index (χ4n) is 3.32. The van der Waals surface area contributed by atoms with Gasteiger partial charge in [-0.25, -0.2) is 0 Å². The fourth-order valence-corrected chi connectivity index (χ4v) is 4.76. The molecule has 0 aliphatic carbocycles. The van der Waals surface area contributed by atoms with Crippen LogP contribution in [-0.4, -0.2) is 25.3 Å². The molecule has 2 atom stereocenters. The average molecular weight is 343 g/mol. The Morgan fingerprint density at radius 3 is 2.58 bits per heavy atom. The lowest BCUT2D eigenvalue weighted by molar-refractivity contribution is 0.411. The van der Waals surface area contributed by atoms with Crippen LogP contribution < -0.4 is 14.9 Å². The van der Waals surface area contributed by atoms with Crippen molar-refractivity contribution in [1.82, 2.24) is 0 Å². The van der Waals surface area contributed by atoms with Gasteiger partial charge < -0.3 is 14.7 Å². The van der Waals surface area contributed by atoms with E-state index in [2.05, 4.69) is 36.1 Å². The van der Waals surface area contributed by atoms with E-state index in [0.717, 1.165) is 24.4 Å². The van der Waals surface area contributed by atoms with Gasteiger partial charge in [0.05, 0.1) is 7.11 Å². The largest absolute Gasteiger partial charge is 0.508 e. The van der Waals surface area contributed by atoms with E-state index >= 15 is 0 Å². The van der Waals surface area contributed by atoms with Gasteiger partial charge in [-0.2, -0.15) is 0 Å². The number of nitrogens with zero attached hydrogens (tertiary/aromatic N) is 1. The third kappa shape index (κ3) is 3.84. The molecule has 0 aromatic heterocycles. The highest BCUT2D eigenvalue weighted by molar-refractivity contribution is 7.48. The number of rotatable bonds is 5. The topological polar surface area (TPSA) is 32.7 Å². The summed E-state index contributed by atoms with van der Waals surface area (Å²) in [6, 6.07) is 14.2. The number of methoxy groups -OCH3 is 1. The molecule has 2 aromatic carbocycles. The van der Waals surface area contributed by atoms with Gasteiger partial charge in [0.1, 0.15) is 11.5 Å². The van der Waals surface area contributed by atoms with E-state index in [1.807, 2.05) is 6.07 Å². The zero-order valence-electron chi connectivity index (χ0n) is 14.5. The highest BCUT2D eigenvalue weighted by atomic mass is 31.1. The van der Waals surface area contributed by atoms with Gasteiger partial charge in [-0.15, -0.1) is 0 Å². The number of phenols is 1. The number of ether oxygens (including phenoxy) is 1. The van der Waals surface area contributed by atoms with Crippen LogP contribution in [0.5, 0.6) is 11.5 Å². The summed E-state index contributed by atoms with van der Waals surface area (Å²) in [5.74, 6) is 1.15. The number of hydrogen-bond acceptors (Lipinski definition) is 3. The number of piperidine rings is 1. The van der Waals surface area contributed by atoms with Crippen LogP contribution in [0.25, 0.3) is 0 Å². The van der Waals surface area contributed by atoms with Gasteiger partial charge in [-0.05, 0) is 48.8 Å². The van der Waals surface area contributed by atoms with Gasteiger partial charge in [0.25, 0.3) is 0 Å². The number of aromatic hydroxyl groups is 1. The molecule has 0 spiro atoms. The number of anilines is 1. The van der Waals surface area contributed by atoms with Crippen molar-refractivity contribution >= 4 is 19.6 Å². The van der Waals surface area contributed by atoms with Crippen molar-refractivity contribution in [2.24, 2.45) is 0 Å². The third-order valence-electron chi connectivity index (χ3n) is 4.67. The molecule has 0 amide bonds. The Morgan fingerprint density at radius 1 is 1.08 bits per heavy atom. The van der Waals surface area contributed by atoms with Gasteiger partial charge >= 0.3 is 0 Å². The molecule has 1 saturated heterocycles. The Kier molecular flexibility index (Phi) is 5.63. The maximum Gasteiger partial charge on any atom is 0.119 e. The summed E-state index contributed by atoms with van der Waals surface area (Å²) in [7, 11) is 2.28. The lowest BCUT2D eigenvalue weighted by Gasteiger charge is -2.31. The first kappa shape index (κ1) is 17.1. The quantitative estimate of drug-likeness (QED) is 0.814. The number of para-hydroxylation sites is 1. The van der Waals surface area contributed by atoms with Gasteiger partial charge in [-0.1, -0.05) is 33.7 Å². The van der Waals surface area contributed by atoms with E-state index in [1.54, 1.807) is 19.2 Å². The van der Waals surface area contributed by atoms with E-state index in [4.69, 9.17) is 4.74 Å². The summed E-state index contributed by atoms with van der Waals surface area (Å²) >= 11 is 0. The Balaban J connectivity index is 1.83. The summed E-state index contributed by atoms with van der Waals surface area (Å²) in [5.41, 5.74) is 2.58. The van der Waals surface area contributed by atoms with Crippen LogP contribution in [0.15, 0.2) is 42.5 Å². The molecule has 0 radical (unpaired) electrons. The molecule has 24 heavy (non-hydrogen) atoms. The van der Waals surface area contributed by atoms with Crippen molar-refractivity contribution in [3.05, 3.63) is 48.0 Å². The molecule has 0 bridgehead atoms. The van der Waals surface area contributed by atoms with E-state index < -0.39 is 0 Å². The highest BCUT2D eigenvalue weighted by Gasteiger charge is 2.18. The van der Waals surface area contributed by atoms with Crippen LogP contribution in [0.4, 0.5) is 5.69 Å². The van der Waals surface area contributed by atoms with Gasteiger partial charge in [0, 0.05) is 30.0 Å². The van der Waals surface area contributed by atoms with Crippen LogP contribution in [0.3, 0.4) is 0 Å². The fraction of sp³-hybridized carbons (Fsp3) is 0.400. The minimum absolute atomic E-state index is 0.256. The maximum atomic E-state index is 10.2. The second-order valence-corrected chi connectivity index (χ2v) is 8.05. The van der Waals surface area contributed by atoms with Gasteiger partial charge in [-0.3, -0.25) is 0 Å². The molecule has 1 aliphatic heterocycles. The Labute approximate surface area is 146 Å². The van der Waals surface area contributed by atoms with Crippen LogP contribution in [0.1, 0.15) is 37.4 Å². The standard InChI is InChI=1S/C20H26NO2P/c1-15(17-14-16(23-2)10-11-19(17)22)24-20-9-5-4-8-18(20)21-12-6-3-7-13-21/h4-5,8-11,14-15,22,24H,3,6-7,12-13H2,1-2H3. The van der Waals surface area contributed by atoms with Crippen molar-refractivity contribution in [3.8, 4) is 11.5 Å². The number of hydrogen-bond donors (Lipinski definition) is 1. The van der Waals surface area contributed by atoms with Crippen molar-refractivity contribution in [3.63, 3.8) is 0 Å². The number of benzene rings is 2. The smallest absolute Gasteiger partial charge is 0.119 e. The van der Waals surface area contributed by atoms with Crippen molar-refractivity contribution < 1.29 is 9.84 Å². The van der Waals surface area contributed by atoms with Gasteiger partial charge in [0.15, 0.2) is 0 Å². The summed E-state index contributed by atoms with van der Waals surface area (Å²) in [6.07, 6.45) is 3.91. The zero-order chi connectivity index (χ0) is 16.9. The number of phenolic OH excluding ortho intramolecular Hbond substituents is 1. The molecule has 2 aromatic rings. The molecule has 0 saturated carbocycles. The minimum Gasteiger partial charge on any atom is -0.508 e. The van der Waals surface area contributed by atoms with Crippen LogP contribution in [-0.2, 0) is 0 Å². The van der Waals surface area contributed by atoms with E-state index in [-0.39, 0.29) is 5.66 Å².